The van der Waals surface area contributed by atoms with Crippen LogP contribution in [0.5, 0.6) is 0 Å². The van der Waals surface area contributed by atoms with E-state index in [9.17, 15) is 10.2 Å². The fourth-order valence-electron chi connectivity index (χ4n) is 2.07. The Labute approximate surface area is 164 Å². The highest BCUT2D eigenvalue weighted by atomic mass is 16.5. The van der Waals surface area contributed by atoms with E-state index in [1.807, 2.05) is 6.92 Å². The summed E-state index contributed by atoms with van der Waals surface area (Å²) < 4.78 is 21.5. The summed E-state index contributed by atoms with van der Waals surface area (Å²) in [6, 6.07) is 0. The zero-order chi connectivity index (χ0) is 20.2. The van der Waals surface area contributed by atoms with Crippen molar-refractivity contribution in [3.63, 3.8) is 0 Å². The highest BCUT2D eigenvalue weighted by Crippen LogP contribution is 1.93. The molecule has 8 heteroatoms. The molecule has 27 heavy (non-hydrogen) atoms. The number of rotatable bonds is 21. The van der Waals surface area contributed by atoms with Gasteiger partial charge in [0.25, 0.3) is 0 Å². The van der Waals surface area contributed by atoms with Gasteiger partial charge in [0.15, 0.2) is 0 Å². The van der Waals surface area contributed by atoms with E-state index in [1.165, 1.54) is 0 Å². The zero-order valence-electron chi connectivity index (χ0n) is 17.5. The molecular formula is C19H42N2O6. The Bertz CT molecular complexity index is 297. The van der Waals surface area contributed by atoms with E-state index >= 15 is 0 Å². The molecule has 2 atom stereocenters. The van der Waals surface area contributed by atoms with Gasteiger partial charge in [-0.2, -0.15) is 0 Å². The van der Waals surface area contributed by atoms with Gasteiger partial charge >= 0.3 is 0 Å². The van der Waals surface area contributed by atoms with Crippen molar-refractivity contribution in [2.75, 3.05) is 79.0 Å². The van der Waals surface area contributed by atoms with Crippen LogP contribution in [0, 0.1) is 5.92 Å². The van der Waals surface area contributed by atoms with E-state index in [0.717, 1.165) is 6.42 Å². The van der Waals surface area contributed by atoms with Crippen LogP contribution in [0.25, 0.3) is 0 Å². The Balaban J connectivity index is 3.18. The molecule has 0 aliphatic heterocycles. The van der Waals surface area contributed by atoms with Crippen molar-refractivity contribution in [1.29, 1.82) is 0 Å². The molecule has 0 aliphatic carbocycles. The molecule has 0 saturated carbocycles. The summed E-state index contributed by atoms with van der Waals surface area (Å²) in [5, 5.41) is 25.6. The van der Waals surface area contributed by atoms with Gasteiger partial charge in [-0.3, -0.25) is 0 Å². The average Bonchev–Trinajstić information content (AvgIpc) is 2.62. The highest BCUT2D eigenvalue weighted by molar-refractivity contribution is 4.59. The predicted octanol–water partition coefficient (Wildman–Crippen LogP) is 0.0198. The van der Waals surface area contributed by atoms with Crippen LogP contribution in [0.3, 0.4) is 0 Å². The minimum atomic E-state index is -0.490. The van der Waals surface area contributed by atoms with Gasteiger partial charge in [-0.05, 0) is 12.3 Å². The minimum absolute atomic E-state index is 0.358. The number of aliphatic hydroxyl groups is 2. The minimum Gasteiger partial charge on any atom is -0.389 e. The number of nitrogens with one attached hydrogen (secondary N) is 2. The fraction of sp³-hybridized carbons (Fsp3) is 1.00. The first kappa shape index (κ1) is 26.7. The van der Waals surface area contributed by atoms with Gasteiger partial charge < -0.3 is 39.8 Å². The predicted molar refractivity (Wildman–Crippen MR) is 106 cm³/mol. The van der Waals surface area contributed by atoms with Gasteiger partial charge in [-0.1, -0.05) is 20.8 Å². The van der Waals surface area contributed by atoms with E-state index in [-0.39, 0.29) is 0 Å². The van der Waals surface area contributed by atoms with Gasteiger partial charge in [0.1, 0.15) is 0 Å². The van der Waals surface area contributed by atoms with Crippen LogP contribution in [-0.2, 0) is 18.9 Å². The molecule has 0 radical (unpaired) electrons. The fourth-order valence-corrected chi connectivity index (χ4v) is 2.07. The maximum Gasteiger partial charge on any atom is 0.0897 e. The van der Waals surface area contributed by atoms with Crippen molar-refractivity contribution < 1.29 is 29.2 Å². The van der Waals surface area contributed by atoms with Crippen LogP contribution < -0.4 is 10.6 Å². The summed E-state index contributed by atoms with van der Waals surface area (Å²) in [7, 11) is 0. The third-order valence-corrected chi connectivity index (χ3v) is 3.40. The largest absolute Gasteiger partial charge is 0.389 e. The zero-order valence-corrected chi connectivity index (χ0v) is 17.5. The molecule has 0 fully saturated rings. The van der Waals surface area contributed by atoms with Gasteiger partial charge in [-0.25, -0.2) is 0 Å². The lowest BCUT2D eigenvalue weighted by Gasteiger charge is -2.13. The lowest BCUT2D eigenvalue weighted by Crippen LogP contribution is -2.33. The van der Waals surface area contributed by atoms with Crippen LogP contribution in [0.4, 0.5) is 0 Å². The van der Waals surface area contributed by atoms with E-state index in [2.05, 4.69) is 24.5 Å². The van der Waals surface area contributed by atoms with Crippen LogP contribution in [-0.4, -0.2) is 101 Å². The molecule has 0 rings (SSSR count). The lowest BCUT2D eigenvalue weighted by atomic mass is 10.2. The molecule has 0 aliphatic rings. The molecule has 2 unspecified atom stereocenters. The van der Waals surface area contributed by atoms with E-state index in [1.54, 1.807) is 0 Å². The first-order valence-corrected chi connectivity index (χ1v) is 10.1. The molecule has 0 bridgehead atoms. The van der Waals surface area contributed by atoms with Crippen LogP contribution in [0.2, 0.25) is 0 Å². The second kappa shape index (κ2) is 20.4. The SMILES string of the molecule is CCCOCC(O)CNCCOCCOCCNCC(O)COCC(C)C. The Morgan fingerprint density at radius 1 is 0.667 bits per heavy atom. The molecule has 4 N–H and O–H groups in total. The normalized spacial score (nSPS) is 14.0. The molecule has 164 valence electrons. The first-order valence-electron chi connectivity index (χ1n) is 10.1. The molecule has 0 saturated heterocycles. The summed E-state index contributed by atoms with van der Waals surface area (Å²) in [6.07, 6.45) is -0.00874. The molecule has 8 nitrogen and oxygen atoms in total. The van der Waals surface area contributed by atoms with Crippen LogP contribution >= 0.6 is 0 Å². The van der Waals surface area contributed by atoms with Crippen molar-refractivity contribution in [3.8, 4) is 0 Å². The molecule has 0 aromatic rings. The third-order valence-electron chi connectivity index (χ3n) is 3.40. The molecular weight excluding hydrogens is 352 g/mol. The Morgan fingerprint density at radius 3 is 1.67 bits per heavy atom. The first-order chi connectivity index (χ1) is 13.1. The van der Waals surface area contributed by atoms with Crippen LogP contribution in [0.1, 0.15) is 27.2 Å². The Kier molecular flexibility index (Phi) is 20.2. The Hall–Kier alpha value is -0.320. The molecule has 0 aromatic heterocycles. The van der Waals surface area contributed by atoms with Gasteiger partial charge in [0.05, 0.1) is 51.8 Å². The number of hydrogen-bond donors (Lipinski definition) is 4. The number of aliphatic hydroxyl groups excluding tert-OH is 2. The van der Waals surface area contributed by atoms with Gasteiger partial charge in [0.2, 0.25) is 0 Å². The highest BCUT2D eigenvalue weighted by Gasteiger charge is 2.04. The van der Waals surface area contributed by atoms with Gasteiger partial charge in [-0.15, -0.1) is 0 Å². The molecule has 0 spiro atoms. The van der Waals surface area contributed by atoms with E-state index in [4.69, 9.17) is 18.9 Å². The number of hydrogen-bond acceptors (Lipinski definition) is 8. The molecule has 0 aromatic carbocycles. The summed E-state index contributed by atoms with van der Waals surface area (Å²) >= 11 is 0. The second-order valence-electron chi connectivity index (χ2n) is 6.95. The number of ether oxygens (including phenoxy) is 4. The summed E-state index contributed by atoms with van der Waals surface area (Å²) in [4.78, 5) is 0. The van der Waals surface area contributed by atoms with Crippen molar-refractivity contribution in [2.45, 2.75) is 39.4 Å². The van der Waals surface area contributed by atoms with Crippen molar-refractivity contribution in [2.24, 2.45) is 5.92 Å². The topological polar surface area (TPSA) is 101 Å². The summed E-state index contributed by atoms with van der Waals surface area (Å²) in [6.45, 7) is 12.9. The molecule has 0 heterocycles. The maximum atomic E-state index is 9.72. The summed E-state index contributed by atoms with van der Waals surface area (Å²) in [5.74, 6) is 0.480. The second-order valence-corrected chi connectivity index (χ2v) is 6.95. The van der Waals surface area contributed by atoms with E-state index < -0.39 is 12.2 Å². The monoisotopic (exact) mass is 394 g/mol. The molecule has 0 amide bonds. The van der Waals surface area contributed by atoms with Crippen molar-refractivity contribution in [3.05, 3.63) is 0 Å². The third kappa shape index (κ3) is 21.8. The standard InChI is InChI=1S/C19H42N2O6/c1-4-7-26-15-18(22)12-20-5-8-24-10-11-25-9-6-21-13-19(23)16-27-14-17(2)3/h17-23H,4-16H2,1-3H3. The van der Waals surface area contributed by atoms with Crippen molar-refractivity contribution in [1.82, 2.24) is 10.6 Å². The summed E-state index contributed by atoms with van der Waals surface area (Å²) in [5.41, 5.74) is 0. The van der Waals surface area contributed by atoms with Crippen LogP contribution in [0.15, 0.2) is 0 Å². The maximum absolute atomic E-state index is 9.72. The quantitative estimate of drug-likeness (QED) is 0.202. The lowest BCUT2D eigenvalue weighted by molar-refractivity contribution is 0.0230. The Morgan fingerprint density at radius 2 is 1.19 bits per heavy atom. The van der Waals surface area contributed by atoms with E-state index in [0.29, 0.717) is 85.0 Å². The van der Waals surface area contributed by atoms with Crippen molar-refractivity contribution >= 4 is 0 Å². The van der Waals surface area contributed by atoms with Gasteiger partial charge in [0, 0.05) is 39.4 Å². The average molecular weight is 395 g/mol. The smallest absolute Gasteiger partial charge is 0.0897 e.